The molecule has 2 N–H and O–H groups in total. The smallest absolute Gasteiger partial charge is 0.198 e. The highest BCUT2D eigenvalue weighted by molar-refractivity contribution is 5.65. The van der Waals surface area contributed by atoms with E-state index in [4.69, 9.17) is 5.73 Å². The Labute approximate surface area is 73.8 Å². The van der Waals surface area contributed by atoms with Gasteiger partial charge >= 0.3 is 0 Å². The Morgan fingerprint density at radius 2 is 2.15 bits per heavy atom. The van der Waals surface area contributed by atoms with Crippen LogP contribution in [0.1, 0.15) is 5.69 Å². The first-order valence-corrected chi connectivity index (χ1v) is 3.64. The number of hydrogen-bond acceptors (Lipinski definition) is 6. The third-order valence-electron chi connectivity index (χ3n) is 1.56. The number of nitrogen functional groups attached to an aromatic ring is 1. The second-order valence-corrected chi connectivity index (χ2v) is 2.54. The molecule has 0 aromatic carbocycles. The summed E-state index contributed by atoms with van der Waals surface area (Å²) in [5, 5.41) is 7.08. The fourth-order valence-electron chi connectivity index (χ4n) is 0.957. The molecule has 0 saturated heterocycles. The largest absolute Gasteiger partial charge is 0.379 e. The van der Waals surface area contributed by atoms with Crippen molar-refractivity contribution in [1.29, 1.82) is 0 Å². The summed E-state index contributed by atoms with van der Waals surface area (Å²) in [5.74, 6) is 0.234. The molecule has 0 atom stereocenters. The monoisotopic (exact) mass is 177 g/mol. The van der Waals surface area contributed by atoms with Gasteiger partial charge in [-0.05, 0) is 23.3 Å². The first kappa shape index (κ1) is 7.66. The van der Waals surface area contributed by atoms with Crippen LogP contribution in [-0.4, -0.2) is 20.3 Å². The number of hydrogen-bond donors (Lipinski definition) is 1. The summed E-state index contributed by atoms with van der Waals surface area (Å²) in [6.07, 6.45) is 1.44. The zero-order valence-corrected chi connectivity index (χ0v) is 6.93. The van der Waals surface area contributed by atoms with Crippen LogP contribution in [0.5, 0.6) is 0 Å². The Balaban J connectivity index is 2.53. The molecule has 13 heavy (non-hydrogen) atoms. The minimum absolute atomic E-state index is 0.234. The summed E-state index contributed by atoms with van der Waals surface area (Å²) in [6.45, 7) is 1.86. The molecule has 0 radical (unpaired) electrons. The fraction of sp³-hybridized carbons (Fsp3) is 0.143. The van der Waals surface area contributed by atoms with Crippen LogP contribution < -0.4 is 5.73 Å². The zero-order valence-electron chi connectivity index (χ0n) is 6.93. The Bertz CT molecular complexity index is 424. The van der Waals surface area contributed by atoms with Crippen LogP contribution in [0.2, 0.25) is 0 Å². The first-order valence-electron chi connectivity index (χ1n) is 3.64. The van der Waals surface area contributed by atoms with E-state index in [1.165, 1.54) is 6.33 Å². The van der Waals surface area contributed by atoms with Crippen LogP contribution in [0.3, 0.4) is 0 Å². The molecule has 6 heteroatoms. The average Bonchev–Trinajstić information content (AvgIpc) is 2.51. The predicted octanol–water partition coefficient (Wildman–Crippen LogP) is 0.417. The molecule has 0 bridgehead atoms. The third-order valence-corrected chi connectivity index (χ3v) is 1.56. The first-order chi connectivity index (χ1) is 6.27. The molecule has 2 aromatic heterocycles. The van der Waals surface area contributed by atoms with Gasteiger partial charge in [0.25, 0.3) is 0 Å². The van der Waals surface area contributed by atoms with Gasteiger partial charge in [0, 0.05) is 5.69 Å². The Morgan fingerprint density at radius 1 is 1.31 bits per heavy atom. The molecule has 0 spiro atoms. The van der Waals surface area contributed by atoms with Crippen LogP contribution in [0.4, 0.5) is 5.82 Å². The number of anilines is 1. The van der Waals surface area contributed by atoms with Crippen molar-refractivity contribution in [2.45, 2.75) is 6.92 Å². The van der Waals surface area contributed by atoms with Gasteiger partial charge in [-0.25, -0.2) is 14.6 Å². The van der Waals surface area contributed by atoms with Gasteiger partial charge in [-0.2, -0.15) is 0 Å². The maximum atomic E-state index is 5.49. The summed E-state index contributed by atoms with van der Waals surface area (Å²) < 4.78 is 4.45. The molecule has 0 amide bonds. The Kier molecular flexibility index (Phi) is 1.66. The second kappa shape index (κ2) is 2.81. The van der Waals surface area contributed by atoms with Gasteiger partial charge in [0.1, 0.15) is 6.33 Å². The number of aromatic nitrogens is 4. The van der Waals surface area contributed by atoms with Crippen molar-refractivity contribution < 1.29 is 4.63 Å². The predicted molar refractivity (Wildman–Crippen MR) is 44.5 cm³/mol. The maximum Gasteiger partial charge on any atom is 0.198 e. The topological polar surface area (TPSA) is 90.7 Å². The minimum atomic E-state index is 0.234. The number of rotatable bonds is 1. The van der Waals surface area contributed by atoms with Gasteiger partial charge in [-0.3, -0.25) is 0 Å². The van der Waals surface area contributed by atoms with Crippen molar-refractivity contribution in [1.82, 2.24) is 20.3 Å². The number of nitrogens with two attached hydrogens (primary N) is 1. The standard InChI is InChI=1S/C7H7N5O/c1-4-2-5(10-3-9-4)6-7(8)12-13-11-6/h2-3H,1H3,(H2,8,12). The van der Waals surface area contributed by atoms with E-state index in [-0.39, 0.29) is 5.82 Å². The van der Waals surface area contributed by atoms with E-state index in [2.05, 4.69) is 24.9 Å². The van der Waals surface area contributed by atoms with Crippen LogP contribution in [0, 0.1) is 6.92 Å². The van der Waals surface area contributed by atoms with Gasteiger partial charge < -0.3 is 5.73 Å². The second-order valence-electron chi connectivity index (χ2n) is 2.54. The summed E-state index contributed by atoms with van der Waals surface area (Å²) >= 11 is 0. The Hall–Kier alpha value is -1.98. The van der Waals surface area contributed by atoms with E-state index >= 15 is 0 Å². The molecular weight excluding hydrogens is 170 g/mol. The van der Waals surface area contributed by atoms with Crippen molar-refractivity contribution in [3.8, 4) is 11.4 Å². The highest BCUT2D eigenvalue weighted by Crippen LogP contribution is 2.18. The fourth-order valence-corrected chi connectivity index (χ4v) is 0.957. The summed E-state index contributed by atoms with van der Waals surface area (Å²) in [5.41, 5.74) is 7.40. The van der Waals surface area contributed by atoms with E-state index < -0.39 is 0 Å². The minimum Gasteiger partial charge on any atom is -0.379 e. The summed E-state index contributed by atoms with van der Waals surface area (Å²) in [4.78, 5) is 7.94. The summed E-state index contributed by atoms with van der Waals surface area (Å²) in [7, 11) is 0. The lowest BCUT2D eigenvalue weighted by atomic mass is 10.2. The van der Waals surface area contributed by atoms with Crippen molar-refractivity contribution in [3.63, 3.8) is 0 Å². The number of nitrogens with zero attached hydrogens (tertiary/aromatic N) is 4. The third kappa shape index (κ3) is 1.33. The average molecular weight is 177 g/mol. The molecule has 0 aliphatic heterocycles. The molecule has 2 aromatic rings. The molecule has 0 unspecified atom stereocenters. The number of aryl methyl sites for hydroxylation is 1. The van der Waals surface area contributed by atoms with E-state index in [1.807, 2.05) is 6.92 Å². The van der Waals surface area contributed by atoms with Gasteiger partial charge in [0.05, 0.1) is 5.69 Å². The van der Waals surface area contributed by atoms with Crippen LogP contribution in [-0.2, 0) is 0 Å². The van der Waals surface area contributed by atoms with Gasteiger partial charge in [0.2, 0.25) is 0 Å². The van der Waals surface area contributed by atoms with Crippen LogP contribution in [0.15, 0.2) is 17.0 Å². The molecule has 2 heterocycles. The van der Waals surface area contributed by atoms with Gasteiger partial charge in [-0.15, -0.1) is 0 Å². The van der Waals surface area contributed by atoms with Crippen molar-refractivity contribution >= 4 is 5.82 Å². The molecule has 0 aliphatic rings. The molecular formula is C7H7N5O. The molecule has 6 nitrogen and oxygen atoms in total. The molecule has 0 fully saturated rings. The Morgan fingerprint density at radius 3 is 2.77 bits per heavy atom. The van der Waals surface area contributed by atoms with Crippen molar-refractivity contribution in [2.75, 3.05) is 5.73 Å². The normalized spacial score (nSPS) is 10.2. The highest BCUT2D eigenvalue weighted by Gasteiger charge is 2.09. The van der Waals surface area contributed by atoms with E-state index in [1.54, 1.807) is 6.07 Å². The lowest BCUT2D eigenvalue weighted by Crippen LogP contribution is -1.92. The summed E-state index contributed by atoms with van der Waals surface area (Å²) in [6, 6.07) is 1.76. The van der Waals surface area contributed by atoms with Gasteiger partial charge in [-0.1, -0.05) is 0 Å². The zero-order chi connectivity index (χ0) is 9.26. The molecule has 0 saturated carbocycles. The molecule has 2 rings (SSSR count). The van der Waals surface area contributed by atoms with Crippen LogP contribution >= 0.6 is 0 Å². The maximum absolute atomic E-state index is 5.49. The van der Waals surface area contributed by atoms with E-state index in [0.717, 1.165) is 5.69 Å². The van der Waals surface area contributed by atoms with E-state index in [9.17, 15) is 0 Å². The lowest BCUT2D eigenvalue weighted by molar-refractivity contribution is 0.310. The lowest BCUT2D eigenvalue weighted by Gasteiger charge is -1.95. The molecule has 66 valence electrons. The van der Waals surface area contributed by atoms with Crippen LogP contribution in [0.25, 0.3) is 11.4 Å². The molecule has 0 aliphatic carbocycles. The van der Waals surface area contributed by atoms with Crippen molar-refractivity contribution in [2.24, 2.45) is 0 Å². The SMILES string of the molecule is Cc1cc(-c2nonc2N)ncn1. The quantitative estimate of drug-likeness (QED) is 0.678. The van der Waals surface area contributed by atoms with E-state index in [0.29, 0.717) is 11.4 Å². The highest BCUT2D eigenvalue weighted by atomic mass is 16.6. The van der Waals surface area contributed by atoms with Crippen molar-refractivity contribution in [3.05, 3.63) is 18.1 Å². The van der Waals surface area contributed by atoms with Gasteiger partial charge in [0.15, 0.2) is 11.5 Å².